The van der Waals surface area contributed by atoms with Crippen LogP contribution in [0.15, 0.2) is 24.3 Å². The van der Waals surface area contributed by atoms with Crippen molar-refractivity contribution in [2.24, 2.45) is 5.92 Å². The lowest BCUT2D eigenvalue weighted by Gasteiger charge is -2.13. The number of hydrogen-bond acceptors (Lipinski definition) is 1. The first-order valence-electron chi connectivity index (χ1n) is 5.85. The fourth-order valence-electron chi connectivity index (χ4n) is 1.80. The Kier molecular flexibility index (Phi) is 5.99. The van der Waals surface area contributed by atoms with Crippen molar-refractivity contribution in [3.8, 4) is 5.75 Å². The Morgan fingerprint density at radius 2 is 1.83 bits per heavy atom. The van der Waals surface area contributed by atoms with Crippen LogP contribution < -0.4 is 4.74 Å². The summed E-state index contributed by atoms with van der Waals surface area (Å²) in [7, 11) is 0. The number of rotatable bonds is 6. The normalized spacial score (nSPS) is 13.4. The lowest BCUT2D eigenvalue weighted by atomic mass is 9.97. The molecule has 0 aliphatic rings. The molecule has 1 nitrogen and oxygen atoms in total. The van der Waals surface area contributed by atoms with Gasteiger partial charge in [0.25, 0.3) is 0 Å². The molecule has 0 fully saturated rings. The van der Waals surface area contributed by atoms with Crippen molar-refractivity contribution in [2.45, 2.75) is 32.5 Å². The first kappa shape index (κ1) is 15.3. The van der Waals surface area contributed by atoms with Gasteiger partial charge in [0, 0.05) is 5.33 Å². The summed E-state index contributed by atoms with van der Waals surface area (Å²) in [5.74, 6) is 0.349. The topological polar surface area (TPSA) is 9.23 Å². The van der Waals surface area contributed by atoms with Gasteiger partial charge in [-0.25, -0.2) is 0 Å². The third-order valence-corrected chi connectivity index (χ3v) is 3.51. The Morgan fingerprint density at radius 1 is 1.22 bits per heavy atom. The summed E-state index contributed by atoms with van der Waals surface area (Å²) in [5.41, 5.74) is 1.03. The van der Waals surface area contributed by atoms with Gasteiger partial charge in [-0.2, -0.15) is 0 Å². The predicted molar refractivity (Wildman–Crippen MR) is 69.0 cm³/mol. The maximum absolute atomic E-state index is 12.0. The zero-order valence-electron chi connectivity index (χ0n) is 10.1. The van der Waals surface area contributed by atoms with E-state index in [9.17, 15) is 13.2 Å². The highest BCUT2D eigenvalue weighted by atomic mass is 79.9. The average Bonchev–Trinajstić information content (AvgIpc) is 2.29. The van der Waals surface area contributed by atoms with Crippen LogP contribution in [-0.4, -0.2) is 11.7 Å². The Morgan fingerprint density at radius 3 is 2.28 bits per heavy atom. The van der Waals surface area contributed by atoms with Crippen molar-refractivity contribution in [3.63, 3.8) is 0 Å². The Balaban J connectivity index is 2.59. The molecule has 18 heavy (non-hydrogen) atoms. The smallest absolute Gasteiger partial charge is 0.406 e. The van der Waals surface area contributed by atoms with Crippen LogP contribution in [0.2, 0.25) is 0 Å². The van der Waals surface area contributed by atoms with E-state index in [1.807, 2.05) is 0 Å². The van der Waals surface area contributed by atoms with Gasteiger partial charge in [0.15, 0.2) is 0 Å². The van der Waals surface area contributed by atoms with Crippen LogP contribution in [0.25, 0.3) is 0 Å². The summed E-state index contributed by atoms with van der Waals surface area (Å²) >= 11 is 3.46. The van der Waals surface area contributed by atoms with E-state index in [4.69, 9.17) is 0 Å². The molecule has 102 valence electrons. The van der Waals surface area contributed by atoms with Crippen molar-refractivity contribution in [3.05, 3.63) is 29.8 Å². The second kappa shape index (κ2) is 7.02. The summed E-state index contributed by atoms with van der Waals surface area (Å²) in [4.78, 5) is 0. The van der Waals surface area contributed by atoms with Gasteiger partial charge in [-0.05, 0) is 36.5 Å². The van der Waals surface area contributed by atoms with Gasteiger partial charge in [0.1, 0.15) is 5.75 Å². The molecule has 0 heterocycles. The fourth-order valence-corrected chi connectivity index (χ4v) is 2.36. The van der Waals surface area contributed by atoms with Crippen molar-refractivity contribution in [2.75, 3.05) is 5.33 Å². The zero-order valence-corrected chi connectivity index (χ0v) is 11.7. The molecule has 5 heteroatoms. The standard InChI is InChI=1S/C13H16BrF3O/c1-2-3-11(9-14)8-10-4-6-12(7-5-10)18-13(15,16)17/h4-7,11H,2-3,8-9H2,1H3. The molecule has 0 N–H and O–H groups in total. The van der Waals surface area contributed by atoms with Crippen LogP contribution in [-0.2, 0) is 6.42 Å². The van der Waals surface area contributed by atoms with Crippen LogP contribution in [0.1, 0.15) is 25.3 Å². The number of benzene rings is 1. The van der Waals surface area contributed by atoms with Crippen LogP contribution in [0.3, 0.4) is 0 Å². The summed E-state index contributed by atoms with van der Waals surface area (Å²) in [6, 6.07) is 6.10. The summed E-state index contributed by atoms with van der Waals surface area (Å²) in [5, 5.41) is 0.904. The van der Waals surface area contributed by atoms with Crippen molar-refractivity contribution < 1.29 is 17.9 Å². The minimum Gasteiger partial charge on any atom is -0.406 e. The third-order valence-electron chi connectivity index (χ3n) is 2.60. The molecule has 1 rings (SSSR count). The summed E-state index contributed by atoms with van der Waals surface area (Å²) in [6.07, 6.45) is -1.55. The molecule has 0 saturated carbocycles. The number of alkyl halides is 4. The highest BCUT2D eigenvalue weighted by molar-refractivity contribution is 9.09. The number of ether oxygens (including phenoxy) is 1. The molecule has 0 bridgehead atoms. The second-order valence-electron chi connectivity index (χ2n) is 4.20. The molecule has 0 amide bonds. The van der Waals surface area contributed by atoms with Gasteiger partial charge in [0.05, 0.1) is 0 Å². The Bertz CT molecular complexity index is 348. The fraction of sp³-hybridized carbons (Fsp3) is 0.538. The van der Waals surface area contributed by atoms with Crippen LogP contribution in [0.5, 0.6) is 5.75 Å². The second-order valence-corrected chi connectivity index (χ2v) is 4.85. The van der Waals surface area contributed by atoms with E-state index in [1.165, 1.54) is 12.1 Å². The molecule has 0 saturated heterocycles. The molecule has 0 aromatic heterocycles. The molecule has 1 aromatic rings. The van der Waals surface area contributed by atoms with Gasteiger partial charge >= 0.3 is 6.36 Å². The van der Waals surface area contributed by atoms with Gasteiger partial charge in [0.2, 0.25) is 0 Å². The quantitative estimate of drug-likeness (QED) is 0.673. The van der Waals surface area contributed by atoms with E-state index in [0.717, 1.165) is 30.2 Å². The van der Waals surface area contributed by atoms with Gasteiger partial charge in [-0.1, -0.05) is 41.4 Å². The maximum atomic E-state index is 12.0. The SMILES string of the molecule is CCCC(CBr)Cc1ccc(OC(F)(F)F)cc1. The van der Waals surface area contributed by atoms with E-state index in [-0.39, 0.29) is 5.75 Å². The van der Waals surface area contributed by atoms with E-state index in [1.54, 1.807) is 12.1 Å². The highest BCUT2D eigenvalue weighted by Gasteiger charge is 2.30. The number of hydrogen-bond donors (Lipinski definition) is 0. The minimum atomic E-state index is -4.62. The lowest BCUT2D eigenvalue weighted by Crippen LogP contribution is -2.17. The molecular formula is C13H16BrF3O. The zero-order chi connectivity index (χ0) is 13.6. The Hall–Kier alpha value is -0.710. The van der Waals surface area contributed by atoms with E-state index in [2.05, 4.69) is 27.6 Å². The first-order chi connectivity index (χ1) is 8.44. The molecule has 1 unspecified atom stereocenters. The highest BCUT2D eigenvalue weighted by Crippen LogP contribution is 2.24. The molecule has 1 atom stereocenters. The predicted octanol–water partition coefficient (Wildman–Crippen LogP) is 4.94. The van der Waals surface area contributed by atoms with Crippen molar-refractivity contribution >= 4 is 15.9 Å². The maximum Gasteiger partial charge on any atom is 0.573 e. The van der Waals surface area contributed by atoms with Crippen LogP contribution in [0, 0.1) is 5.92 Å². The van der Waals surface area contributed by atoms with Gasteiger partial charge in [-0.3, -0.25) is 0 Å². The molecule has 0 aliphatic carbocycles. The lowest BCUT2D eigenvalue weighted by molar-refractivity contribution is -0.274. The van der Waals surface area contributed by atoms with E-state index in [0.29, 0.717) is 5.92 Å². The third kappa shape index (κ3) is 5.76. The molecule has 1 aromatic carbocycles. The molecule has 0 aliphatic heterocycles. The van der Waals surface area contributed by atoms with Crippen LogP contribution >= 0.6 is 15.9 Å². The summed E-state index contributed by atoms with van der Waals surface area (Å²) in [6.45, 7) is 2.12. The van der Waals surface area contributed by atoms with Crippen molar-refractivity contribution in [1.82, 2.24) is 0 Å². The van der Waals surface area contributed by atoms with E-state index < -0.39 is 6.36 Å². The Labute approximate surface area is 113 Å². The number of halogens is 4. The molecule has 0 radical (unpaired) electrons. The first-order valence-corrected chi connectivity index (χ1v) is 6.97. The minimum absolute atomic E-state index is 0.169. The largest absolute Gasteiger partial charge is 0.573 e. The van der Waals surface area contributed by atoms with Gasteiger partial charge in [-0.15, -0.1) is 13.2 Å². The van der Waals surface area contributed by atoms with Gasteiger partial charge < -0.3 is 4.74 Å². The van der Waals surface area contributed by atoms with Crippen LogP contribution in [0.4, 0.5) is 13.2 Å². The molecular weight excluding hydrogens is 309 g/mol. The average molecular weight is 325 g/mol. The monoisotopic (exact) mass is 324 g/mol. The van der Waals surface area contributed by atoms with Crippen molar-refractivity contribution in [1.29, 1.82) is 0 Å². The van der Waals surface area contributed by atoms with E-state index >= 15 is 0 Å². The summed E-state index contributed by atoms with van der Waals surface area (Å²) < 4.78 is 39.8. The molecule has 0 spiro atoms.